The van der Waals surface area contributed by atoms with E-state index in [0.29, 0.717) is 6.61 Å². The molecule has 26 heavy (non-hydrogen) atoms. The molecule has 1 aliphatic rings. The fraction of sp³-hybridized carbons (Fsp3) is 0.304. The van der Waals surface area contributed by atoms with Crippen molar-refractivity contribution in [2.24, 2.45) is 0 Å². The van der Waals surface area contributed by atoms with Crippen LogP contribution in [-0.2, 0) is 13.2 Å². The van der Waals surface area contributed by atoms with E-state index in [2.05, 4.69) is 65.4 Å². The van der Waals surface area contributed by atoms with Gasteiger partial charge in [-0.2, -0.15) is 0 Å². The first-order valence-electron chi connectivity index (χ1n) is 9.37. The Balaban J connectivity index is 1.42. The van der Waals surface area contributed by atoms with Gasteiger partial charge in [-0.15, -0.1) is 0 Å². The Hall–Kier alpha value is -2.36. The monoisotopic (exact) mass is 346 g/mol. The van der Waals surface area contributed by atoms with Crippen LogP contribution >= 0.6 is 0 Å². The molecule has 1 aliphatic heterocycles. The summed E-state index contributed by atoms with van der Waals surface area (Å²) in [7, 11) is 2.20. The van der Waals surface area contributed by atoms with Gasteiger partial charge in [0.2, 0.25) is 0 Å². The molecule has 0 saturated carbocycles. The first-order chi connectivity index (χ1) is 12.8. The first kappa shape index (κ1) is 17.1. The molecule has 0 N–H and O–H groups in total. The number of fused-ring (bicyclic) bond motifs is 1. The largest absolute Gasteiger partial charge is 0.489 e. The number of rotatable bonds is 5. The van der Waals surface area contributed by atoms with E-state index in [1.165, 1.54) is 21.9 Å². The Morgan fingerprint density at radius 3 is 2.31 bits per heavy atom. The van der Waals surface area contributed by atoms with Crippen molar-refractivity contribution >= 4 is 10.8 Å². The van der Waals surface area contributed by atoms with Gasteiger partial charge in [-0.1, -0.05) is 48.5 Å². The summed E-state index contributed by atoms with van der Waals surface area (Å²) >= 11 is 0. The molecule has 3 nitrogen and oxygen atoms in total. The summed E-state index contributed by atoms with van der Waals surface area (Å²) in [6, 6.07) is 23.5. The van der Waals surface area contributed by atoms with Crippen molar-refractivity contribution in [3.63, 3.8) is 0 Å². The predicted molar refractivity (Wildman–Crippen MR) is 107 cm³/mol. The fourth-order valence-electron chi connectivity index (χ4n) is 3.47. The Bertz CT molecular complexity index is 854. The maximum Gasteiger partial charge on any atom is 0.120 e. The summed E-state index contributed by atoms with van der Waals surface area (Å²) in [5.41, 5.74) is 2.58. The molecule has 3 aromatic carbocycles. The van der Waals surface area contributed by atoms with Crippen LogP contribution in [-0.4, -0.2) is 43.0 Å². The van der Waals surface area contributed by atoms with Crippen molar-refractivity contribution in [3.05, 3.63) is 77.9 Å². The number of ether oxygens (including phenoxy) is 1. The molecule has 134 valence electrons. The standard InChI is InChI=1S/C23H26N2O/c1-24-11-13-25(14-12-24)17-20-7-8-22-16-23(10-9-21(22)15-20)26-18-19-5-3-2-4-6-19/h2-10,15-16H,11-14,17-18H2,1H3. The minimum absolute atomic E-state index is 0.605. The van der Waals surface area contributed by atoms with Gasteiger partial charge in [0.1, 0.15) is 12.4 Å². The van der Waals surface area contributed by atoms with Crippen molar-refractivity contribution < 1.29 is 4.74 Å². The molecule has 1 fully saturated rings. The number of hydrogen-bond donors (Lipinski definition) is 0. The van der Waals surface area contributed by atoms with E-state index in [-0.39, 0.29) is 0 Å². The summed E-state index contributed by atoms with van der Waals surface area (Å²) in [5, 5.41) is 2.52. The fourth-order valence-corrected chi connectivity index (χ4v) is 3.47. The zero-order valence-electron chi connectivity index (χ0n) is 15.4. The molecular weight excluding hydrogens is 320 g/mol. The molecule has 1 saturated heterocycles. The lowest BCUT2D eigenvalue weighted by Crippen LogP contribution is -2.43. The van der Waals surface area contributed by atoms with Gasteiger partial charge >= 0.3 is 0 Å². The van der Waals surface area contributed by atoms with Crippen molar-refractivity contribution in [3.8, 4) is 5.75 Å². The Morgan fingerprint density at radius 1 is 0.769 bits per heavy atom. The first-order valence-corrected chi connectivity index (χ1v) is 9.37. The summed E-state index contributed by atoms with van der Waals surface area (Å²) in [5.74, 6) is 0.924. The number of likely N-dealkylation sites (N-methyl/N-ethyl adjacent to an activating group) is 1. The van der Waals surface area contributed by atoms with Crippen molar-refractivity contribution in [2.75, 3.05) is 33.2 Å². The third kappa shape index (κ3) is 4.24. The van der Waals surface area contributed by atoms with E-state index < -0.39 is 0 Å². The minimum atomic E-state index is 0.605. The summed E-state index contributed by atoms with van der Waals surface area (Å²) in [6.45, 7) is 6.27. The molecule has 0 aromatic heterocycles. The zero-order valence-corrected chi connectivity index (χ0v) is 15.4. The molecule has 1 heterocycles. The van der Waals surface area contributed by atoms with E-state index in [1.54, 1.807) is 0 Å². The number of hydrogen-bond acceptors (Lipinski definition) is 3. The lowest BCUT2D eigenvalue weighted by molar-refractivity contribution is 0.148. The second kappa shape index (κ2) is 7.90. The maximum absolute atomic E-state index is 5.95. The molecule has 3 aromatic rings. The van der Waals surface area contributed by atoms with Crippen LogP contribution in [0.4, 0.5) is 0 Å². The van der Waals surface area contributed by atoms with E-state index in [9.17, 15) is 0 Å². The van der Waals surface area contributed by atoms with Gasteiger partial charge in [0.25, 0.3) is 0 Å². The molecular formula is C23H26N2O. The quantitative estimate of drug-likeness (QED) is 0.690. The lowest BCUT2D eigenvalue weighted by Gasteiger charge is -2.32. The Kier molecular flexibility index (Phi) is 5.19. The molecule has 0 bridgehead atoms. The molecule has 0 radical (unpaired) electrons. The maximum atomic E-state index is 5.95. The average Bonchev–Trinajstić information content (AvgIpc) is 2.69. The van der Waals surface area contributed by atoms with E-state index >= 15 is 0 Å². The summed E-state index contributed by atoms with van der Waals surface area (Å²) < 4.78 is 5.95. The van der Waals surface area contributed by atoms with Gasteiger partial charge in [0, 0.05) is 32.7 Å². The van der Waals surface area contributed by atoms with Crippen LogP contribution in [0, 0.1) is 0 Å². The molecule has 4 rings (SSSR count). The van der Waals surface area contributed by atoms with Gasteiger partial charge in [0.05, 0.1) is 0 Å². The normalized spacial score (nSPS) is 16.0. The predicted octanol–water partition coefficient (Wildman–Crippen LogP) is 4.17. The topological polar surface area (TPSA) is 15.7 Å². The smallest absolute Gasteiger partial charge is 0.120 e. The molecule has 0 spiro atoms. The lowest BCUT2D eigenvalue weighted by atomic mass is 10.1. The average molecular weight is 346 g/mol. The van der Waals surface area contributed by atoms with Gasteiger partial charge in [0.15, 0.2) is 0 Å². The second-order valence-electron chi connectivity index (χ2n) is 7.20. The Morgan fingerprint density at radius 2 is 1.50 bits per heavy atom. The van der Waals surface area contributed by atoms with Crippen molar-refractivity contribution in [2.45, 2.75) is 13.2 Å². The molecule has 0 unspecified atom stereocenters. The number of benzene rings is 3. The zero-order chi connectivity index (χ0) is 17.8. The highest BCUT2D eigenvalue weighted by molar-refractivity contribution is 5.84. The summed E-state index contributed by atoms with van der Waals surface area (Å²) in [6.07, 6.45) is 0. The highest BCUT2D eigenvalue weighted by Gasteiger charge is 2.13. The number of nitrogens with zero attached hydrogens (tertiary/aromatic N) is 2. The third-order valence-electron chi connectivity index (χ3n) is 5.13. The van der Waals surface area contributed by atoms with E-state index in [4.69, 9.17) is 4.74 Å². The second-order valence-corrected chi connectivity index (χ2v) is 7.20. The van der Waals surface area contributed by atoms with Crippen molar-refractivity contribution in [1.29, 1.82) is 0 Å². The molecule has 0 aliphatic carbocycles. The minimum Gasteiger partial charge on any atom is -0.489 e. The van der Waals surface area contributed by atoms with Gasteiger partial charge in [-0.25, -0.2) is 0 Å². The molecule has 0 amide bonds. The van der Waals surface area contributed by atoms with Crippen LogP contribution in [0.2, 0.25) is 0 Å². The van der Waals surface area contributed by atoms with E-state index in [1.807, 2.05) is 18.2 Å². The highest BCUT2D eigenvalue weighted by atomic mass is 16.5. The SMILES string of the molecule is CN1CCN(Cc2ccc3cc(OCc4ccccc4)ccc3c2)CC1. The van der Waals surface area contributed by atoms with Crippen LogP contribution in [0.1, 0.15) is 11.1 Å². The summed E-state index contributed by atoms with van der Waals surface area (Å²) in [4.78, 5) is 4.94. The number of piperazine rings is 1. The highest BCUT2D eigenvalue weighted by Crippen LogP contribution is 2.23. The van der Waals surface area contributed by atoms with Gasteiger partial charge in [-0.05, 0) is 47.1 Å². The van der Waals surface area contributed by atoms with Crippen molar-refractivity contribution in [1.82, 2.24) is 9.80 Å². The molecule has 3 heteroatoms. The van der Waals surface area contributed by atoms with Crippen LogP contribution in [0.25, 0.3) is 10.8 Å². The third-order valence-corrected chi connectivity index (χ3v) is 5.13. The van der Waals surface area contributed by atoms with Crippen LogP contribution < -0.4 is 4.74 Å². The van der Waals surface area contributed by atoms with Crippen LogP contribution in [0.3, 0.4) is 0 Å². The molecule has 0 atom stereocenters. The van der Waals surface area contributed by atoms with Gasteiger partial charge in [-0.3, -0.25) is 4.90 Å². The van der Waals surface area contributed by atoms with E-state index in [0.717, 1.165) is 38.5 Å². The van der Waals surface area contributed by atoms with Crippen LogP contribution in [0.5, 0.6) is 5.75 Å². The van der Waals surface area contributed by atoms with Crippen LogP contribution in [0.15, 0.2) is 66.7 Å². The Labute approximate surface area is 155 Å². The van der Waals surface area contributed by atoms with Gasteiger partial charge < -0.3 is 9.64 Å².